The van der Waals surface area contributed by atoms with Gasteiger partial charge in [0.15, 0.2) is 0 Å². The summed E-state index contributed by atoms with van der Waals surface area (Å²) < 4.78 is 0. The quantitative estimate of drug-likeness (QED) is 0.0277. The molecule has 10 amide bonds. The highest BCUT2D eigenvalue weighted by Crippen LogP contribution is 2.14. The van der Waals surface area contributed by atoms with Crippen molar-refractivity contribution in [3.05, 3.63) is 29.8 Å². The Morgan fingerprint density at radius 1 is 0.672 bits per heavy atom. The molecule has 0 bridgehead atoms. The number of thiocarbonyl (C=S) groups is 1. The molecule has 1 rings (SSSR count). The van der Waals surface area contributed by atoms with Gasteiger partial charge in [-0.15, -0.1) is 0 Å². The van der Waals surface area contributed by atoms with Gasteiger partial charge in [-0.1, -0.05) is 58.5 Å². The van der Waals surface area contributed by atoms with Crippen LogP contribution < -0.4 is 59.7 Å². The highest BCUT2D eigenvalue weighted by atomic mass is 32.1. The first-order valence-electron chi connectivity index (χ1n) is 20.1. The van der Waals surface area contributed by atoms with E-state index in [1.54, 1.807) is 27.7 Å². The Morgan fingerprint density at radius 3 is 1.70 bits per heavy atom. The van der Waals surface area contributed by atoms with Crippen LogP contribution in [-0.2, 0) is 54.4 Å². The van der Waals surface area contributed by atoms with Gasteiger partial charge in [0.25, 0.3) is 0 Å². The van der Waals surface area contributed by atoms with Crippen molar-refractivity contribution < 1.29 is 58.2 Å². The van der Waals surface area contributed by atoms with Crippen molar-refractivity contribution in [1.82, 2.24) is 42.5 Å². The standard InChI is InChI=1S/C39H61N11O12S2/c1-6-19(4)31(49-37(60)25(46-33(56)23(40)16-63)12-21-7-9-22(52)10-8-21)38(61)50-32(20(5)51)39(62)47-26(13-28(41)53)36(59)48-27(17-64)35(58)44-15-30(55)45-24(11-18(2)3)34(57)43-14-29(42)54/h7-10,16,18-20,23-27,31-32,51-52,64H,6,11-15,17,40H2,1-5H3,(H2,41,53)(H2,42,54)(H,43,57)(H,44,58)(H,45,55)(H,46,56)(H,47,62)(H,48,59)(H,49,60)(H,50,61). The SMILES string of the molecule is CCC(C)C(NC(=O)C(Cc1ccc(O)cc1)NC(=O)C(N)C=S)C(=O)NC(C(=O)NC(CC(N)=O)C(=O)NC(CS)C(=O)NCC(=O)NC(CC(C)C)C(=O)NCC(N)=O)C(C)O. The maximum atomic E-state index is 13.8. The summed E-state index contributed by atoms with van der Waals surface area (Å²) in [5, 5.41) is 40.3. The summed E-state index contributed by atoms with van der Waals surface area (Å²) in [6.45, 7) is 6.91. The molecule has 16 N–H and O–H groups in total. The average Bonchev–Trinajstić information content (AvgIpc) is 3.23. The number of aliphatic hydroxyl groups excluding tert-OH is 1. The van der Waals surface area contributed by atoms with Crippen molar-refractivity contribution in [2.24, 2.45) is 29.0 Å². The van der Waals surface area contributed by atoms with E-state index in [0.29, 0.717) is 12.0 Å². The molecular weight excluding hydrogens is 879 g/mol. The van der Waals surface area contributed by atoms with Crippen molar-refractivity contribution in [3.8, 4) is 5.75 Å². The maximum Gasteiger partial charge on any atom is 0.245 e. The average molecular weight is 940 g/mol. The van der Waals surface area contributed by atoms with Crippen molar-refractivity contribution in [1.29, 1.82) is 0 Å². The summed E-state index contributed by atoms with van der Waals surface area (Å²) in [5.41, 5.74) is 16.7. The van der Waals surface area contributed by atoms with Gasteiger partial charge in [0.2, 0.25) is 59.1 Å². The smallest absolute Gasteiger partial charge is 0.245 e. The minimum atomic E-state index is -1.80. The number of carbonyl (C=O) groups excluding carboxylic acids is 10. The van der Waals surface area contributed by atoms with Gasteiger partial charge in [0.1, 0.15) is 48.0 Å². The normalized spacial score (nSPS) is 15.1. The minimum absolute atomic E-state index is 0.0475. The molecule has 356 valence electrons. The number of primary amides is 2. The predicted molar refractivity (Wildman–Crippen MR) is 238 cm³/mol. The number of thiol groups is 1. The molecule has 9 unspecified atom stereocenters. The fourth-order valence-corrected chi connectivity index (χ4v) is 6.07. The third-order valence-corrected chi connectivity index (χ3v) is 10.0. The van der Waals surface area contributed by atoms with E-state index >= 15 is 0 Å². The fourth-order valence-electron chi connectivity index (χ4n) is 5.69. The van der Waals surface area contributed by atoms with E-state index in [0.717, 1.165) is 12.3 Å². The highest BCUT2D eigenvalue weighted by Gasteiger charge is 2.36. The van der Waals surface area contributed by atoms with Gasteiger partial charge in [-0.2, -0.15) is 12.6 Å². The van der Waals surface area contributed by atoms with E-state index < -0.39 is 133 Å². The number of phenols is 1. The number of aliphatic hydroxyl groups is 1. The van der Waals surface area contributed by atoms with Gasteiger partial charge in [-0.05, 0) is 42.9 Å². The second-order valence-electron chi connectivity index (χ2n) is 15.3. The predicted octanol–water partition coefficient (Wildman–Crippen LogP) is -4.83. The van der Waals surface area contributed by atoms with Crippen LogP contribution in [0.4, 0.5) is 0 Å². The summed E-state index contributed by atoms with van der Waals surface area (Å²) >= 11 is 8.84. The number of nitrogens with two attached hydrogens (primary N) is 3. The molecule has 0 saturated heterocycles. The molecule has 23 nitrogen and oxygen atoms in total. The first kappa shape index (κ1) is 56.1. The van der Waals surface area contributed by atoms with Crippen molar-refractivity contribution in [2.45, 2.75) is 109 Å². The summed E-state index contributed by atoms with van der Waals surface area (Å²) in [6.07, 6.45) is -2.07. The van der Waals surface area contributed by atoms with Crippen molar-refractivity contribution >= 4 is 89.3 Å². The number of amides is 10. The Labute approximate surface area is 381 Å². The molecule has 0 aliphatic rings. The Hall–Kier alpha value is -5.92. The topological polar surface area (TPSA) is 385 Å². The molecule has 0 fully saturated rings. The third kappa shape index (κ3) is 20.1. The van der Waals surface area contributed by atoms with Crippen molar-refractivity contribution in [3.63, 3.8) is 0 Å². The van der Waals surface area contributed by atoms with Gasteiger partial charge < -0.3 is 69.9 Å². The summed E-state index contributed by atoms with van der Waals surface area (Å²) in [7, 11) is 0. The minimum Gasteiger partial charge on any atom is -0.508 e. The molecule has 1 aromatic rings. The number of benzene rings is 1. The van der Waals surface area contributed by atoms with Crippen molar-refractivity contribution in [2.75, 3.05) is 18.8 Å². The van der Waals surface area contributed by atoms with Crippen LogP contribution in [0.15, 0.2) is 24.3 Å². The number of nitrogens with one attached hydrogen (secondary N) is 8. The van der Waals surface area contributed by atoms with Crippen LogP contribution in [0.1, 0.15) is 59.4 Å². The van der Waals surface area contributed by atoms with E-state index in [9.17, 15) is 58.2 Å². The summed E-state index contributed by atoms with van der Waals surface area (Å²) in [6, 6.07) is -4.27. The van der Waals surface area contributed by atoms with E-state index in [2.05, 4.69) is 55.2 Å². The van der Waals surface area contributed by atoms with E-state index in [1.165, 1.54) is 24.3 Å². The number of hydrogen-bond donors (Lipinski definition) is 14. The molecule has 0 spiro atoms. The number of hydrogen-bond acceptors (Lipinski definition) is 15. The number of aromatic hydroxyl groups is 1. The molecule has 0 aromatic heterocycles. The monoisotopic (exact) mass is 939 g/mol. The van der Waals surface area contributed by atoms with E-state index in [1.807, 2.05) is 0 Å². The largest absolute Gasteiger partial charge is 0.508 e. The zero-order chi connectivity index (χ0) is 48.8. The maximum absolute atomic E-state index is 13.8. The molecule has 0 heterocycles. The molecule has 25 heteroatoms. The van der Waals surface area contributed by atoms with Crippen LogP contribution in [0, 0.1) is 11.8 Å². The lowest BCUT2D eigenvalue weighted by Crippen LogP contribution is -2.63. The number of phenolic OH excluding ortho intramolecular Hbond substituents is 1. The van der Waals surface area contributed by atoms with Crippen LogP contribution >= 0.6 is 24.8 Å². The Balaban J connectivity index is 3.19. The van der Waals surface area contributed by atoms with Crippen LogP contribution in [0.5, 0.6) is 5.75 Å². The molecular formula is C39H61N11O12S2. The lowest BCUT2D eigenvalue weighted by Gasteiger charge is -2.30. The number of carbonyl (C=O) groups is 10. The lowest BCUT2D eigenvalue weighted by molar-refractivity contribution is -0.137. The van der Waals surface area contributed by atoms with Gasteiger partial charge in [-0.25, -0.2) is 0 Å². The number of rotatable bonds is 28. The molecule has 0 aliphatic carbocycles. The second kappa shape index (κ2) is 28.0. The first-order chi connectivity index (χ1) is 29.9. The molecule has 0 saturated carbocycles. The van der Waals surface area contributed by atoms with Gasteiger partial charge >= 0.3 is 0 Å². The Bertz CT molecular complexity index is 1840. The zero-order valence-electron chi connectivity index (χ0n) is 36.2. The van der Waals surface area contributed by atoms with E-state index in [-0.39, 0.29) is 30.3 Å². The first-order valence-corrected chi connectivity index (χ1v) is 21.3. The van der Waals surface area contributed by atoms with E-state index in [4.69, 9.17) is 29.4 Å². The molecule has 9 atom stereocenters. The third-order valence-electron chi connectivity index (χ3n) is 9.39. The zero-order valence-corrected chi connectivity index (χ0v) is 37.9. The second-order valence-corrected chi connectivity index (χ2v) is 16.0. The van der Waals surface area contributed by atoms with Gasteiger partial charge in [0, 0.05) is 17.5 Å². The summed E-state index contributed by atoms with van der Waals surface area (Å²) in [4.78, 5) is 129. The van der Waals surface area contributed by atoms with Crippen LogP contribution in [0.25, 0.3) is 0 Å². The molecule has 1 aromatic carbocycles. The van der Waals surface area contributed by atoms with Gasteiger partial charge in [0.05, 0.1) is 25.6 Å². The highest BCUT2D eigenvalue weighted by molar-refractivity contribution is 7.80. The molecule has 0 aliphatic heterocycles. The molecule has 0 radical (unpaired) electrons. The van der Waals surface area contributed by atoms with Crippen LogP contribution in [0.2, 0.25) is 0 Å². The lowest BCUT2D eigenvalue weighted by atomic mass is 9.96. The fraction of sp³-hybridized carbons (Fsp3) is 0.564. The molecule has 64 heavy (non-hydrogen) atoms. The van der Waals surface area contributed by atoms with Crippen LogP contribution in [0.3, 0.4) is 0 Å². The summed E-state index contributed by atoms with van der Waals surface area (Å²) in [5.74, 6) is -10.2. The Morgan fingerprint density at radius 2 is 1.19 bits per heavy atom. The van der Waals surface area contributed by atoms with Crippen LogP contribution in [-0.4, -0.2) is 142 Å². The Kier molecular flexibility index (Phi) is 24.5. The van der Waals surface area contributed by atoms with Gasteiger partial charge in [-0.3, -0.25) is 47.9 Å².